The fraction of sp³-hybridized carbons (Fsp3) is 0.0870. The molecule has 0 saturated heterocycles. The summed E-state index contributed by atoms with van der Waals surface area (Å²) in [6, 6.07) is 16.7. The van der Waals surface area contributed by atoms with E-state index in [4.69, 9.17) is 0 Å². The third kappa shape index (κ3) is 4.48. The lowest BCUT2D eigenvalue weighted by Crippen LogP contribution is -2.14. The molecule has 0 radical (unpaired) electrons. The van der Waals surface area contributed by atoms with Gasteiger partial charge < -0.3 is 5.32 Å². The van der Waals surface area contributed by atoms with Gasteiger partial charge in [0.05, 0.1) is 10.6 Å². The van der Waals surface area contributed by atoms with Gasteiger partial charge in [-0.2, -0.15) is 0 Å². The lowest BCUT2D eigenvalue weighted by Gasteiger charge is -2.07. The Morgan fingerprint density at radius 3 is 2.57 bits per heavy atom. The maximum Gasteiger partial charge on any atom is 0.265 e. The Kier molecular flexibility index (Phi) is 5.74. The first-order valence-electron chi connectivity index (χ1n) is 9.29. The molecule has 0 aliphatic carbocycles. The highest BCUT2D eigenvalue weighted by Gasteiger charge is 2.13. The van der Waals surface area contributed by atoms with Crippen molar-refractivity contribution in [3.63, 3.8) is 0 Å². The van der Waals surface area contributed by atoms with Crippen molar-refractivity contribution in [1.29, 1.82) is 0 Å². The van der Waals surface area contributed by atoms with Gasteiger partial charge in [-0.05, 0) is 55.1 Å². The number of nitrogens with one attached hydrogen (secondary N) is 2. The number of aryl methyl sites for hydroxylation is 2. The predicted octanol–water partition coefficient (Wildman–Crippen LogP) is 5.99. The maximum atomic E-state index is 12.7. The average Bonchev–Trinajstić information content (AvgIpc) is 3.42. The molecule has 4 aromatic rings. The first-order valence-corrected chi connectivity index (χ1v) is 11.0. The molecule has 0 aliphatic rings. The Morgan fingerprint density at radius 2 is 1.77 bits per heavy atom. The third-order valence-electron chi connectivity index (χ3n) is 4.52. The fourth-order valence-corrected chi connectivity index (χ4v) is 4.30. The van der Waals surface area contributed by atoms with Crippen LogP contribution in [-0.4, -0.2) is 16.8 Å². The van der Waals surface area contributed by atoms with E-state index in [-0.39, 0.29) is 11.8 Å². The lowest BCUT2D eigenvalue weighted by molar-refractivity contribution is 0.101. The number of rotatable bonds is 5. The highest BCUT2D eigenvalue weighted by atomic mass is 32.1. The number of carbonyl (C=O) groups excluding carboxylic acids is 2. The number of amides is 2. The van der Waals surface area contributed by atoms with Gasteiger partial charge in [-0.1, -0.05) is 29.8 Å². The summed E-state index contributed by atoms with van der Waals surface area (Å²) in [5.41, 5.74) is 5.21. The van der Waals surface area contributed by atoms with Crippen molar-refractivity contribution < 1.29 is 9.59 Å². The van der Waals surface area contributed by atoms with Crippen LogP contribution in [-0.2, 0) is 0 Å². The summed E-state index contributed by atoms with van der Waals surface area (Å²) in [7, 11) is 0. The van der Waals surface area contributed by atoms with Crippen LogP contribution in [0.15, 0.2) is 65.4 Å². The summed E-state index contributed by atoms with van der Waals surface area (Å²) in [6.07, 6.45) is 0. The lowest BCUT2D eigenvalue weighted by atomic mass is 10.0. The Hall–Kier alpha value is -3.29. The molecule has 30 heavy (non-hydrogen) atoms. The summed E-state index contributed by atoms with van der Waals surface area (Å²) < 4.78 is 0. The van der Waals surface area contributed by atoms with Gasteiger partial charge in [0.2, 0.25) is 0 Å². The highest BCUT2D eigenvalue weighted by Crippen LogP contribution is 2.28. The molecule has 4 rings (SSSR count). The van der Waals surface area contributed by atoms with Crippen LogP contribution in [0.4, 0.5) is 10.8 Å². The van der Waals surface area contributed by atoms with E-state index in [1.807, 2.05) is 30.7 Å². The fourth-order valence-electron chi connectivity index (χ4n) is 2.97. The molecule has 0 unspecified atom stereocenters. The number of hydrogen-bond donors (Lipinski definition) is 2. The number of anilines is 2. The molecule has 0 spiro atoms. The molecule has 2 aromatic carbocycles. The van der Waals surface area contributed by atoms with Crippen LogP contribution in [0.3, 0.4) is 0 Å². The summed E-state index contributed by atoms with van der Waals surface area (Å²) in [4.78, 5) is 30.1. The van der Waals surface area contributed by atoms with Crippen LogP contribution in [0.1, 0.15) is 31.2 Å². The smallest absolute Gasteiger partial charge is 0.265 e. The molecular weight excluding hydrogens is 414 g/mol. The minimum atomic E-state index is -0.274. The first-order chi connectivity index (χ1) is 14.5. The number of thiazole rings is 1. The Balaban J connectivity index is 1.47. The topological polar surface area (TPSA) is 71.1 Å². The van der Waals surface area contributed by atoms with Crippen molar-refractivity contribution in [2.24, 2.45) is 0 Å². The second-order valence-corrected chi connectivity index (χ2v) is 8.63. The van der Waals surface area contributed by atoms with Crippen molar-refractivity contribution in [2.75, 3.05) is 10.6 Å². The second-order valence-electron chi connectivity index (χ2n) is 6.82. The molecule has 0 fully saturated rings. The van der Waals surface area contributed by atoms with E-state index in [9.17, 15) is 9.59 Å². The molecule has 5 nitrogen and oxygen atoms in total. The number of aromatic nitrogens is 1. The minimum absolute atomic E-state index is 0.194. The zero-order valence-corrected chi connectivity index (χ0v) is 18.1. The molecule has 2 heterocycles. The highest BCUT2D eigenvalue weighted by molar-refractivity contribution is 7.14. The van der Waals surface area contributed by atoms with Crippen molar-refractivity contribution >= 4 is 45.3 Å². The van der Waals surface area contributed by atoms with Crippen molar-refractivity contribution in [1.82, 2.24) is 4.98 Å². The molecule has 0 bridgehead atoms. The molecule has 0 aliphatic heterocycles. The summed E-state index contributed by atoms with van der Waals surface area (Å²) in [5.74, 6) is -0.468. The van der Waals surface area contributed by atoms with Gasteiger partial charge >= 0.3 is 0 Å². The van der Waals surface area contributed by atoms with Crippen LogP contribution in [0.25, 0.3) is 11.3 Å². The van der Waals surface area contributed by atoms with E-state index in [0.29, 0.717) is 21.3 Å². The zero-order chi connectivity index (χ0) is 21.1. The third-order valence-corrected chi connectivity index (χ3v) is 6.15. The SMILES string of the molecule is Cc1ccc(C)c(-c2csc(NC(=O)c3cccc(NC(=O)c4cccs4)c3)n2)c1. The van der Waals surface area contributed by atoms with Gasteiger partial charge in [0, 0.05) is 22.2 Å². The van der Waals surface area contributed by atoms with Crippen molar-refractivity contribution in [3.8, 4) is 11.3 Å². The normalized spacial score (nSPS) is 10.6. The Bertz CT molecular complexity index is 1210. The Morgan fingerprint density at radius 1 is 0.900 bits per heavy atom. The molecule has 0 atom stereocenters. The van der Waals surface area contributed by atoms with E-state index in [2.05, 4.69) is 33.8 Å². The summed E-state index contributed by atoms with van der Waals surface area (Å²) in [5, 5.41) is 9.98. The molecule has 0 saturated carbocycles. The van der Waals surface area contributed by atoms with Crippen LogP contribution in [0.2, 0.25) is 0 Å². The number of nitrogens with zero attached hydrogens (tertiary/aromatic N) is 1. The molecular formula is C23H19N3O2S2. The predicted molar refractivity (Wildman–Crippen MR) is 124 cm³/mol. The van der Waals surface area contributed by atoms with E-state index in [0.717, 1.165) is 22.4 Å². The first kappa shape index (κ1) is 20.0. The van der Waals surface area contributed by atoms with Gasteiger partial charge in [0.1, 0.15) is 0 Å². The van der Waals surface area contributed by atoms with Crippen molar-refractivity contribution in [3.05, 3.63) is 86.9 Å². The van der Waals surface area contributed by atoms with Gasteiger partial charge in [-0.3, -0.25) is 14.9 Å². The zero-order valence-electron chi connectivity index (χ0n) is 16.4. The largest absolute Gasteiger partial charge is 0.321 e. The van der Waals surface area contributed by atoms with Gasteiger partial charge in [0.15, 0.2) is 5.13 Å². The molecule has 2 N–H and O–H groups in total. The van der Waals surface area contributed by atoms with Crippen molar-refractivity contribution in [2.45, 2.75) is 13.8 Å². The van der Waals surface area contributed by atoms with Crippen LogP contribution >= 0.6 is 22.7 Å². The van der Waals surface area contributed by atoms with E-state index in [1.54, 1.807) is 30.3 Å². The molecule has 2 amide bonds. The number of carbonyl (C=O) groups is 2. The molecule has 2 aromatic heterocycles. The number of hydrogen-bond acceptors (Lipinski definition) is 5. The number of benzene rings is 2. The van der Waals surface area contributed by atoms with E-state index < -0.39 is 0 Å². The Labute approximate surface area is 182 Å². The summed E-state index contributed by atoms with van der Waals surface area (Å²) >= 11 is 2.75. The van der Waals surface area contributed by atoms with Gasteiger partial charge in [-0.25, -0.2) is 4.98 Å². The minimum Gasteiger partial charge on any atom is -0.321 e. The average molecular weight is 434 g/mol. The maximum absolute atomic E-state index is 12.7. The van der Waals surface area contributed by atoms with E-state index in [1.165, 1.54) is 22.7 Å². The van der Waals surface area contributed by atoms with Gasteiger partial charge in [-0.15, -0.1) is 22.7 Å². The molecule has 150 valence electrons. The van der Waals surface area contributed by atoms with Crippen LogP contribution < -0.4 is 10.6 Å². The van der Waals surface area contributed by atoms with Gasteiger partial charge in [0.25, 0.3) is 11.8 Å². The van der Waals surface area contributed by atoms with Crippen LogP contribution in [0.5, 0.6) is 0 Å². The standard InChI is InChI=1S/C23H19N3O2S2/c1-14-8-9-15(2)18(11-14)19-13-30-23(25-19)26-21(27)16-5-3-6-17(12-16)24-22(28)20-7-4-10-29-20/h3-13H,1-2H3,(H,24,28)(H,25,26,27). The van der Waals surface area contributed by atoms with E-state index >= 15 is 0 Å². The molecule has 7 heteroatoms. The number of thiophene rings is 1. The summed E-state index contributed by atoms with van der Waals surface area (Å²) in [6.45, 7) is 4.09. The second kappa shape index (κ2) is 8.61. The monoisotopic (exact) mass is 433 g/mol. The quantitative estimate of drug-likeness (QED) is 0.406. The van der Waals surface area contributed by atoms with Crippen LogP contribution in [0, 0.1) is 13.8 Å².